The van der Waals surface area contributed by atoms with Gasteiger partial charge in [0, 0.05) is 24.7 Å². The molecule has 0 spiro atoms. The fourth-order valence-corrected chi connectivity index (χ4v) is 1.50. The number of Topliss-reactive ketones (excluding diaryl/α,β-unsaturated/α-hetero) is 2. The Morgan fingerprint density at radius 1 is 0.750 bits per heavy atom. The Labute approximate surface area is 99.8 Å². The Morgan fingerprint density at radius 3 is 1.31 bits per heavy atom. The lowest BCUT2D eigenvalue weighted by molar-refractivity contribution is -0.122. The van der Waals surface area contributed by atoms with Gasteiger partial charge in [-0.05, 0) is 18.8 Å². The van der Waals surface area contributed by atoms with Crippen molar-refractivity contribution < 1.29 is 9.59 Å². The van der Waals surface area contributed by atoms with Crippen LogP contribution in [0.5, 0.6) is 0 Å². The summed E-state index contributed by atoms with van der Waals surface area (Å²) < 4.78 is 0. The molecule has 2 nitrogen and oxygen atoms in total. The molecular formula is C14H26O2. The van der Waals surface area contributed by atoms with Gasteiger partial charge in [0.25, 0.3) is 0 Å². The van der Waals surface area contributed by atoms with Gasteiger partial charge in [-0.3, -0.25) is 9.59 Å². The molecule has 0 aliphatic carbocycles. The standard InChI is InChI=1S/C14H26O2/c1-10(2)13(15)8-6-12(5)7-9-14(16)11(3)4/h10-12H,6-9H2,1-5H3. The van der Waals surface area contributed by atoms with E-state index in [0.29, 0.717) is 30.3 Å². The lowest BCUT2D eigenvalue weighted by Gasteiger charge is -2.12. The molecule has 0 atom stereocenters. The highest BCUT2D eigenvalue weighted by atomic mass is 16.1. The summed E-state index contributed by atoms with van der Waals surface area (Å²) in [6, 6.07) is 0. The van der Waals surface area contributed by atoms with Crippen LogP contribution in [-0.4, -0.2) is 11.6 Å². The van der Waals surface area contributed by atoms with Gasteiger partial charge in [-0.2, -0.15) is 0 Å². The molecule has 0 fully saturated rings. The SMILES string of the molecule is CC(CCC(=O)C(C)C)CCC(=O)C(C)C. The van der Waals surface area contributed by atoms with E-state index in [1.807, 2.05) is 27.7 Å². The largest absolute Gasteiger partial charge is 0.299 e. The van der Waals surface area contributed by atoms with Crippen molar-refractivity contribution in [3.05, 3.63) is 0 Å². The van der Waals surface area contributed by atoms with E-state index in [4.69, 9.17) is 0 Å². The molecule has 0 unspecified atom stereocenters. The number of carbonyl (C=O) groups excluding carboxylic acids is 2. The average molecular weight is 226 g/mol. The first-order valence-corrected chi connectivity index (χ1v) is 6.40. The third-order valence-electron chi connectivity index (χ3n) is 3.05. The van der Waals surface area contributed by atoms with Crippen LogP contribution in [0.1, 0.15) is 60.3 Å². The van der Waals surface area contributed by atoms with Crippen molar-refractivity contribution in [2.24, 2.45) is 17.8 Å². The molecule has 0 aliphatic rings. The van der Waals surface area contributed by atoms with Crippen molar-refractivity contribution in [3.63, 3.8) is 0 Å². The van der Waals surface area contributed by atoms with Crippen LogP contribution < -0.4 is 0 Å². The molecule has 16 heavy (non-hydrogen) atoms. The van der Waals surface area contributed by atoms with E-state index >= 15 is 0 Å². The predicted molar refractivity (Wildman–Crippen MR) is 67.3 cm³/mol. The van der Waals surface area contributed by atoms with Crippen molar-refractivity contribution >= 4 is 11.6 Å². The topological polar surface area (TPSA) is 34.1 Å². The van der Waals surface area contributed by atoms with Gasteiger partial charge in [0.1, 0.15) is 11.6 Å². The van der Waals surface area contributed by atoms with E-state index in [0.717, 1.165) is 12.8 Å². The van der Waals surface area contributed by atoms with E-state index in [1.165, 1.54) is 0 Å². The van der Waals surface area contributed by atoms with Gasteiger partial charge >= 0.3 is 0 Å². The number of rotatable bonds is 8. The molecule has 0 aromatic carbocycles. The van der Waals surface area contributed by atoms with Gasteiger partial charge in [-0.15, -0.1) is 0 Å². The van der Waals surface area contributed by atoms with Crippen molar-refractivity contribution in [1.82, 2.24) is 0 Å². The second-order valence-corrected chi connectivity index (χ2v) is 5.42. The fourth-order valence-electron chi connectivity index (χ4n) is 1.50. The highest BCUT2D eigenvalue weighted by molar-refractivity contribution is 5.80. The monoisotopic (exact) mass is 226 g/mol. The lowest BCUT2D eigenvalue weighted by atomic mass is 9.93. The Morgan fingerprint density at radius 2 is 1.06 bits per heavy atom. The second kappa shape index (κ2) is 7.59. The minimum Gasteiger partial charge on any atom is -0.299 e. The number of carbonyl (C=O) groups is 2. The summed E-state index contributed by atoms with van der Waals surface area (Å²) in [5, 5.41) is 0. The van der Waals surface area contributed by atoms with Gasteiger partial charge < -0.3 is 0 Å². The molecule has 0 bridgehead atoms. The third kappa shape index (κ3) is 6.76. The summed E-state index contributed by atoms with van der Waals surface area (Å²) in [4.78, 5) is 22.9. The molecule has 2 heteroatoms. The summed E-state index contributed by atoms with van der Waals surface area (Å²) in [5.74, 6) is 1.43. The molecule has 0 radical (unpaired) electrons. The summed E-state index contributed by atoms with van der Waals surface area (Å²) in [5.41, 5.74) is 0. The summed E-state index contributed by atoms with van der Waals surface area (Å²) in [6.07, 6.45) is 3.16. The van der Waals surface area contributed by atoms with Crippen molar-refractivity contribution in [1.29, 1.82) is 0 Å². The zero-order valence-electron chi connectivity index (χ0n) is 11.4. The van der Waals surface area contributed by atoms with Crippen LogP contribution in [0.4, 0.5) is 0 Å². The van der Waals surface area contributed by atoms with Gasteiger partial charge in [0.2, 0.25) is 0 Å². The molecule has 0 rings (SSSR count). The third-order valence-corrected chi connectivity index (χ3v) is 3.05. The van der Waals surface area contributed by atoms with E-state index in [1.54, 1.807) is 0 Å². The zero-order chi connectivity index (χ0) is 12.7. The van der Waals surface area contributed by atoms with E-state index < -0.39 is 0 Å². The Bertz CT molecular complexity index is 205. The molecule has 0 amide bonds. The summed E-state index contributed by atoms with van der Waals surface area (Å²) >= 11 is 0. The van der Waals surface area contributed by atoms with Crippen molar-refractivity contribution in [2.75, 3.05) is 0 Å². The molecule has 0 N–H and O–H groups in total. The maximum atomic E-state index is 11.4. The molecule has 0 heterocycles. The molecular weight excluding hydrogens is 200 g/mol. The van der Waals surface area contributed by atoms with Crippen molar-refractivity contribution in [3.8, 4) is 0 Å². The van der Waals surface area contributed by atoms with Crippen LogP contribution in [0.2, 0.25) is 0 Å². The fraction of sp³-hybridized carbons (Fsp3) is 0.857. The van der Waals surface area contributed by atoms with Gasteiger partial charge in [0.05, 0.1) is 0 Å². The smallest absolute Gasteiger partial charge is 0.135 e. The van der Waals surface area contributed by atoms with Crippen LogP contribution in [0.3, 0.4) is 0 Å². The summed E-state index contributed by atoms with van der Waals surface area (Å²) in [6.45, 7) is 9.89. The van der Waals surface area contributed by atoms with E-state index in [9.17, 15) is 9.59 Å². The maximum absolute atomic E-state index is 11.4. The number of hydrogen-bond acceptors (Lipinski definition) is 2. The number of ketones is 2. The lowest BCUT2D eigenvalue weighted by Crippen LogP contribution is -2.11. The van der Waals surface area contributed by atoms with E-state index in [2.05, 4.69) is 6.92 Å². The molecule has 0 aliphatic heterocycles. The highest BCUT2D eigenvalue weighted by Gasteiger charge is 2.12. The minimum absolute atomic E-state index is 0.143. The molecule has 0 aromatic heterocycles. The van der Waals surface area contributed by atoms with Gasteiger partial charge in [-0.25, -0.2) is 0 Å². The molecule has 0 saturated heterocycles. The van der Waals surface area contributed by atoms with Gasteiger partial charge in [0.15, 0.2) is 0 Å². The molecule has 0 aromatic rings. The van der Waals surface area contributed by atoms with Crippen LogP contribution in [0, 0.1) is 17.8 Å². The highest BCUT2D eigenvalue weighted by Crippen LogP contribution is 2.16. The second-order valence-electron chi connectivity index (χ2n) is 5.42. The first-order valence-electron chi connectivity index (χ1n) is 6.40. The Balaban J connectivity index is 3.71. The first-order chi connectivity index (χ1) is 7.34. The summed E-state index contributed by atoms with van der Waals surface area (Å²) in [7, 11) is 0. The molecule has 94 valence electrons. The first kappa shape index (κ1) is 15.3. The maximum Gasteiger partial charge on any atom is 0.135 e. The quantitative estimate of drug-likeness (QED) is 0.633. The number of hydrogen-bond donors (Lipinski definition) is 0. The Hall–Kier alpha value is -0.660. The van der Waals surface area contributed by atoms with Crippen LogP contribution in [0.25, 0.3) is 0 Å². The predicted octanol–water partition coefficient (Wildman–Crippen LogP) is 3.63. The van der Waals surface area contributed by atoms with Crippen molar-refractivity contribution in [2.45, 2.75) is 60.3 Å². The minimum atomic E-state index is 0.143. The van der Waals surface area contributed by atoms with Crippen LogP contribution in [-0.2, 0) is 9.59 Å². The van der Waals surface area contributed by atoms with Gasteiger partial charge in [-0.1, -0.05) is 34.6 Å². The van der Waals surface area contributed by atoms with E-state index in [-0.39, 0.29) is 11.8 Å². The van der Waals surface area contributed by atoms with Crippen LogP contribution in [0.15, 0.2) is 0 Å². The normalized spacial score (nSPS) is 11.5. The Kier molecular flexibility index (Phi) is 7.27. The zero-order valence-corrected chi connectivity index (χ0v) is 11.4. The average Bonchev–Trinajstić information content (AvgIpc) is 2.21. The van der Waals surface area contributed by atoms with Crippen LogP contribution >= 0.6 is 0 Å². The molecule has 0 saturated carbocycles.